The van der Waals surface area contributed by atoms with Gasteiger partial charge in [-0.15, -0.1) is 0 Å². The Balaban J connectivity index is 1.62. The highest BCUT2D eigenvalue weighted by atomic mass is 35.5. The summed E-state index contributed by atoms with van der Waals surface area (Å²) in [7, 11) is 0. The van der Waals surface area contributed by atoms with Crippen molar-refractivity contribution in [3.8, 4) is 0 Å². The van der Waals surface area contributed by atoms with Crippen molar-refractivity contribution < 1.29 is 9.18 Å². The smallest absolute Gasteiger partial charge is 0.225 e. The molecule has 114 valence electrons. The second-order valence-corrected chi connectivity index (χ2v) is 5.77. The molecule has 1 aliphatic heterocycles. The lowest BCUT2D eigenvalue weighted by Gasteiger charge is -2.31. The van der Waals surface area contributed by atoms with E-state index in [-0.39, 0.29) is 17.5 Å². The van der Waals surface area contributed by atoms with Crippen LogP contribution < -0.4 is 4.90 Å². The van der Waals surface area contributed by atoms with Gasteiger partial charge >= 0.3 is 0 Å². The first-order valence-corrected chi connectivity index (χ1v) is 7.53. The fourth-order valence-electron chi connectivity index (χ4n) is 2.66. The molecule has 0 saturated carbocycles. The average molecular weight is 320 g/mol. The summed E-state index contributed by atoms with van der Waals surface area (Å²) in [6.07, 6.45) is 4.61. The van der Waals surface area contributed by atoms with Gasteiger partial charge in [0.2, 0.25) is 5.95 Å². The number of hydrogen-bond donors (Lipinski definition) is 0. The molecule has 6 heteroatoms. The Morgan fingerprint density at radius 1 is 1.14 bits per heavy atom. The SMILES string of the molecule is O=C(c1ccc(F)cc1)C1CCN(c2ncc(Cl)cn2)CC1. The average Bonchev–Trinajstić information content (AvgIpc) is 2.56. The summed E-state index contributed by atoms with van der Waals surface area (Å²) in [5.41, 5.74) is 0.572. The number of Topliss-reactive ketones (excluding diaryl/α,β-unsaturated/α-hetero) is 1. The topological polar surface area (TPSA) is 46.1 Å². The molecule has 0 atom stereocenters. The fraction of sp³-hybridized carbons (Fsp3) is 0.312. The highest BCUT2D eigenvalue weighted by Crippen LogP contribution is 2.24. The third-order valence-corrected chi connectivity index (χ3v) is 4.08. The normalized spacial score (nSPS) is 15.8. The fourth-order valence-corrected chi connectivity index (χ4v) is 2.76. The quantitative estimate of drug-likeness (QED) is 0.814. The summed E-state index contributed by atoms with van der Waals surface area (Å²) in [4.78, 5) is 22.8. The van der Waals surface area contributed by atoms with Gasteiger partial charge in [0.1, 0.15) is 5.82 Å². The van der Waals surface area contributed by atoms with Crippen molar-refractivity contribution in [1.29, 1.82) is 0 Å². The largest absolute Gasteiger partial charge is 0.341 e. The van der Waals surface area contributed by atoms with Crippen molar-refractivity contribution in [2.24, 2.45) is 5.92 Å². The van der Waals surface area contributed by atoms with E-state index in [1.165, 1.54) is 12.1 Å². The number of piperidine rings is 1. The lowest BCUT2D eigenvalue weighted by Crippen LogP contribution is -2.37. The minimum absolute atomic E-state index is 0.0333. The van der Waals surface area contributed by atoms with Gasteiger partial charge in [0.25, 0.3) is 0 Å². The van der Waals surface area contributed by atoms with Gasteiger partial charge in [-0.05, 0) is 37.1 Å². The summed E-state index contributed by atoms with van der Waals surface area (Å²) in [6.45, 7) is 1.44. The maximum atomic E-state index is 12.9. The molecule has 22 heavy (non-hydrogen) atoms. The lowest BCUT2D eigenvalue weighted by atomic mass is 9.89. The second kappa shape index (κ2) is 6.40. The minimum Gasteiger partial charge on any atom is -0.341 e. The number of carbonyl (C=O) groups excluding carboxylic acids is 1. The summed E-state index contributed by atoms with van der Waals surface area (Å²) in [5, 5.41) is 0.505. The molecule has 0 unspecified atom stereocenters. The van der Waals surface area contributed by atoms with Crippen molar-refractivity contribution in [2.45, 2.75) is 12.8 Å². The molecule has 4 nitrogen and oxygen atoms in total. The Bertz CT molecular complexity index is 652. The molecule has 3 rings (SSSR count). The maximum Gasteiger partial charge on any atom is 0.225 e. The number of hydrogen-bond acceptors (Lipinski definition) is 4. The summed E-state index contributed by atoms with van der Waals surface area (Å²) >= 11 is 5.78. The number of rotatable bonds is 3. The zero-order valence-corrected chi connectivity index (χ0v) is 12.6. The molecule has 1 aromatic heterocycles. The number of carbonyl (C=O) groups is 1. The maximum absolute atomic E-state index is 12.9. The van der Waals surface area contributed by atoms with E-state index in [0.717, 1.165) is 25.9 Å². The van der Waals surface area contributed by atoms with Gasteiger partial charge in [0.15, 0.2) is 5.78 Å². The van der Waals surface area contributed by atoms with Gasteiger partial charge in [0.05, 0.1) is 17.4 Å². The Morgan fingerprint density at radius 3 is 2.32 bits per heavy atom. The van der Waals surface area contributed by atoms with Crippen LogP contribution in [-0.4, -0.2) is 28.8 Å². The molecule has 0 bridgehead atoms. The van der Waals surface area contributed by atoms with Gasteiger partial charge in [-0.3, -0.25) is 4.79 Å². The van der Waals surface area contributed by atoms with E-state index >= 15 is 0 Å². The predicted molar refractivity (Wildman–Crippen MR) is 82.7 cm³/mol. The van der Waals surface area contributed by atoms with Crippen LogP contribution in [0.4, 0.5) is 10.3 Å². The van der Waals surface area contributed by atoms with Crippen LogP contribution in [0.3, 0.4) is 0 Å². The molecular weight excluding hydrogens is 305 g/mol. The highest BCUT2D eigenvalue weighted by molar-refractivity contribution is 6.30. The molecule has 0 N–H and O–H groups in total. The molecule has 0 amide bonds. The van der Waals surface area contributed by atoms with Crippen LogP contribution in [-0.2, 0) is 0 Å². The van der Waals surface area contributed by atoms with Gasteiger partial charge in [-0.25, -0.2) is 14.4 Å². The standard InChI is InChI=1S/C16H15ClFN3O/c17-13-9-19-16(20-10-13)21-7-5-12(6-8-21)15(22)11-1-3-14(18)4-2-11/h1-4,9-10,12H,5-8H2. The van der Waals surface area contributed by atoms with Gasteiger partial charge in [-0.1, -0.05) is 11.6 Å². The van der Waals surface area contributed by atoms with E-state index in [0.29, 0.717) is 16.5 Å². The highest BCUT2D eigenvalue weighted by Gasteiger charge is 2.26. The first-order chi connectivity index (χ1) is 10.6. The van der Waals surface area contributed by atoms with E-state index in [2.05, 4.69) is 9.97 Å². The van der Waals surface area contributed by atoms with Crippen LogP contribution in [0.25, 0.3) is 0 Å². The number of anilines is 1. The Kier molecular flexibility index (Phi) is 4.34. The number of aromatic nitrogens is 2. The third kappa shape index (κ3) is 3.25. The summed E-state index contributed by atoms with van der Waals surface area (Å²) in [6, 6.07) is 5.74. The minimum atomic E-state index is -0.328. The molecule has 0 radical (unpaired) electrons. The Morgan fingerprint density at radius 2 is 1.73 bits per heavy atom. The third-order valence-electron chi connectivity index (χ3n) is 3.88. The van der Waals surface area contributed by atoms with Crippen LogP contribution in [0, 0.1) is 11.7 Å². The van der Waals surface area contributed by atoms with Crippen molar-refractivity contribution in [1.82, 2.24) is 9.97 Å². The first-order valence-electron chi connectivity index (χ1n) is 7.16. The molecular formula is C16H15ClFN3O. The van der Waals surface area contributed by atoms with Crippen LogP contribution >= 0.6 is 11.6 Å². The van der Waals surface area contributed by atoms with Gasteiger partial charge in [0, 0.05) is 24.6 Å². The summed E-state index contributed by atoms with van der Waals surface area (Å²) in [5.74, 6) is 0.356. The zero-order valence-electron chi connectivity index (χ0n) is 11.9. The zero-order chi connectivity index (χ0) is 15.5. The molecule has 1 aromatic carbocycles. The van der Waals surface area contributed by atoms with Gasteiger partial charge < -0.3 is 4.90 Å². The van der Waals surface area contributed by atoms with Crippen LogP contribution in [0.15, 0.2) is 36.7 Å². The second-order valence-electron chi connectivity index (χ2n) is 5.33. The van der Waals surface area contributed by atoms with Crippen molar-refractivity contribution >= 4 is 23.3 Å². The summed E-state index contributed by atoms with van der Waals surface area (Å²) < 4.78 is 12.9. The van der Waals surface area contributed by atoms with Crippen LogP contribution in [0.2, 0.25) is 5.02 Å². The number of halogens is 2. The van der Waals surface area contributed by atoms with E-state index in [9.17, 15) is 9.18 Å². The molecule has 0 aliphatic carbocycles. The van der Waals surface area contributed by atoms with E-state index in [1.54, 1.807) is 24.5 Å². The molecule has 0 spiro atoms. The van der Waals surface area contributed by atoms with Crippen LogP contribution in [0.1, 0.15) is 23.2 Å². The Labute approximate surface area is 133 Å². The van der Waals surface area contributed by atoms with Crippen molar-refractivity contribution in [3.63, 3.8) is 0 Å². The van der Waals surface area contributed by atoms with Gasteiger partial charge in [-0.2, -0.15) is 0 Å². The first kappa shape index (κ1) is 14.9. The monoisotopic (exact) mass is 319 g/mol. The van der Waals surface area contributed by atoms with E-state index < -0.39 is 0 Å². The lowest BCUT2D eigenvalue weighted by molar-refractivity contribution is 0.0900. The molecule has 1 fully saturated rings. The molecule has 1 aliphatic rings. The predicted octanol–water partition coefficient (Wildman–Crippen LogP) is 3.37. The molecule has 2 aromatic rings. The molecule has 2 heterocycles. The van der Waals surface area contributed by atoms with E-state index in [1.807, 2.05) is 4.90 Å². The number of benzene rings is 1. The van der Waals surface area contributed by atoms with Crippen molar-refractivity contribution in [2.75, 3.05) is 18.0 Å². The van der Waals surface area contributed by atoms with Crippen LogP contribution in [0.5, 0.6) is 0 Å². The van der Waals surface area contributed by atoms with Crippen molar-refractivity contribution in [3.05, 3.63) is 53.1 Å². The number of ketones is 1. The van der Waals surface area contributed by atoms with E-state index in [4.69, 9.17) is 11.6 Å². The molecule has 1 saturated heterocycles. The number of nitrogens with zero attached hydrogens (tertiary/aromatic N) is 3. The Hall–Kier alpha value is -2.01.